The van der Waals surface area contributed by atoms with Crippen LogP contribution >= 0.6 is 0 Å². The highest BCUT2D eigenvalue weighted by Crippen LogP contribution is 2.12. The molecule has 0 saturated heterocycles. The summed E-state index contributed by atoms with van der Waals surface area (Å²) in [4.78, 5) is 12.0. The van der Waals surface area contributed by atoms with E-state index in [1.807, 2.05) is 13.1 Å². The minimum atomic E-state index is -0.910. The molecule has 1 amide bonds. The maximum absolute atomic E-state index is 12.0. The summed E-state index contributed by atoms with van der Waals surface area (Å²) in [5.74, 6) is 0.479. The lowest BCUT2D eigenvalue weighted by Gasteiger charge is -2.07. The Morgan fingerprint density at radius 2 is 2.39 bits per heavy atom. The molecule has 0 aromatic carbocycles. The minimum absolute atomic E-state index is 0.0207. The van der Waals surface area contributed by atoms with Crippen LogP contribution in [0.4, 0.5) is 0 Å². The summed E-state index contributed by atoms with van der Waals surface area (Å²) in [6.45, 7) is 2.35. The van der Waals surface area contributed by atoms with Gasteiger partial charge in [0.25, 0.3) is 5.91 Å². The number of aryl methyl sites for hydroxylation is 1. The second kappa shape index (κ2) is 6.49. The Balaban J connectivity index is 1.55. The van der Waals surface area contributed by atoms with Crippen molar-refractivity contribution in [1.82, 2.24) is 20.3 Å². The first-order valence-electron chi connectivity index (χ1n) is 7.06. The zero-order valence-corrected chi connectivity index (χ0v) is 12.5. The van der Waals surface area contributed by atoms with E-state index in [9.17, 15) is 9.90 Å². The molecule has 1 unspecified atom stereocenters. The van der Waals surface area contributed by atoms with E-state index in [0.717, 1.165) is 5.56 Å². The van der Waals surface area contributed by atoms with Gasteiger partial charge in [-0.15, -0.1) is 0 Å². The third-order valence-electron chi connectivity index (χ3n) is 3.20. The quantitative estimate of drug-likeness (QED) is 0.709. The van der Waals surface area contributed by atoms with Gasteiger partial charge in [0.05, 0.1) is 19.0 Å². The van der Waals surface area contributed by atoms with Crippen LogP contribution in [0.1, 0.15) is 33.7 Å². The molecule has 8 heteroatoms. The van der Waals surface area contributed by atoms with Crippen molar-refractivity contribution < 1.29 is 18.8 Å². The third kappa shape index (κ3) is 3.67. The topological polar surface area (TPSA) is 106 Å². The first kappa shape index (κ1) is 15.0. The van der Waals surface area contributed by atoms with Gasteiger partial charge in [0.2, 0.25) is 0 Å². The third-order valence-corrected chi connectivity index (χ3v) is 3.20. The van der Waals surface area contributed by atoms with Crippen LogP contribution in [0.5, 0.6) is 0 Å². The number of furan rings is 1. The Labute approximate surface area is 131 Å². The Kier molecular flexibility index (Phi) is 4.24. The lowest BCUT2D eigenvalue weighted by molar-refractivity contribution is 0.0892. The fourth-order valence-electron chi connectivity index (χ4n) is 2.07. The number of rotatable bonds is 6. The normalized spacial score (nSPS) is 12.3. The van der Waals surface area contributed by atoms with E-state index in [4.69, 9.17) is 8.94 Å². The minimum Gasteiger partial charge on any atom is -0.467 e. The highest BCUT2D eigenvalue weighted by atomic mass is 16.5. The van der Waals surface area contributed by atoms with E-state index in [0.29, 0.717) is 18.1 Å². The van der Waals surface area contributed by atoms with E-state index < -0.39 is 12.0 Å². The van der Waals surface area contributed by atoms with Crippen molar-refractivity contribution in [2.45, 2.75) is 19.6 Å². The first-order chi connectivity index (χ1) is 11.1. The first-order valence-corrected chi connectivity index (χ1v) is 7.06. The van der Waals surface area contributed by atoms with Crippen molar-refractivity contribution in [2.24, 2.45) is 0 Å². The molecule has 0 aliphatic rings. The molecule has 2 N–H and O–H groups in total. The fraction of sp³-hybridized carbons (Fsp3) is 0.267. The number of hydrogen-bond donors (Lipinski definition) is 2. The molecule has 3 aromatic heterocycles. The van der Waals surface area contributed by atoms with Crippen molar-refractivity contribution >= 4 is 5.91 Å². The summed E-state index contributed by atoms with van der Waals surface area (Å²) in [7, 11) is 0. The van der Waals surface area contributed by atoms with Crippen molar-refractivity contribution in [3.63, 3.8) is 0 Å². The molecule has 0 radical (unpaired) electrons. The van der Waals surface area contributed by atoms with Crippen LogP contribution in [0, 0.1) is 6.92 Å². The molecule has 1 atom stereocenters. The van der Waals surface area contributed by atoms with Crippen LogP contribution in [-0.2, 0) is 6.54 Å². The largest absolute Gasteiger partial charge is 0.467 e. The molecule has 0 aliphatic carbocycles. The zero-order chi connectivity index (χ0) is 16.2. The van der Waals surface area contributed by atoms with Gasteiger partial charge in [-0.05, 0) is 24.6 Å². The van der Waals surface area contributed by atoms with Crippen LogP contribution in [0.3, 0.4) is 0 Å². The Morgan fingerprint density at radius 3 is 3.09 bits per heavy atom. The lowest BCUT2D eigenvalue weighted by atomic mass is 10.2. The van der Waals surface area contributed by atoms with Crippen LogP contribution in [0.15, 0.2) is 45.8 Å². The monoisotopic (exact) mass is 316 g/mol. The van der Waals surface area contributed by atoms with E-state index in [2.05, 4.69) is 15.6 Å². The summed E-state index contributed by atoms with van der Waals surface area (Å²) < 4.78 is 11.9. The molecule has 3 aromatic rings. The predicted octanol–water partition coefficient (Wildman–Crippen LogP) is 1.28. The second-order valence-corrected chi connectivity index (χ2v) is 5.13. The summed E-state index contributed by atoms with van der Waals surface area (Å²) in [6.07, 6.45) is 4.15. The van der Waals surface area contributed by atoms with E-state index in [-0.39, 0.29) is 12.2 Å². The number of hydrogen-bond acceptors (Lipinski definition) is 6. The number of nitrogens with zero attached hydrogens (tertiary/aromatic N) is 3. The number of aromatic nitrogens is 3. The standard InChI is InChI=1S/C15H16N4O4/c1-10-6-17-19(8-10)9-11-5-12(18-23-11)15(21)16-7-13(20)14-3-2-4-22-14/h2-6,8,13,20H,7,9H2,1H3,(H,16,21). The van der Waals surface area contributed by atoms with Crippen LogP contribution in [-0.4, -0.2) is 32.5 Å². The van der Waals surface area contributed by atoms with Crippen molar-refractivity contribution in [3.05, 3.63) is 59.6 Å². The number of carbonyl (C=O) groups is 1. The molecule has 0 spiro atoms. The number of nitrogens with one attached hydrogen (secondary N) is 1. The molecule has 3 rings (SSSR count). The van der Waals surface area contributed by atoms with Gasteiger partial charge in [0, 0.05) is 12.3 Å². The Hall–Kier alpha value is -2.87. The van der Waals surface area contributed by atoms with Crippen molar-refractivity contribution in [2.75, 3.05) is 6.54 Å². The zero-order valence-electron chi connectivity index (χ0n) is 12.5. The van der Waals surface area contributed by atoms with Gasteiger partial charge in [-0.2, -0.15) is 5.10 Å². The predicted molar refractivity (Wildman–Crippen MR) is 78.6 cm³/mol. The van der Waals surface area contributed by atoms with Gasteiger partial charge < -0.3 is 19.4 Å². The van der Waals surface area contributed by atoms with Gasteiger partial charge in [0.1, 0.15) is 18.4 Å². The molecule has 23 heavy (non-hydrogen) atoms. The highest BCUT2D eigenvalue weighted by molar-refractivity contribution is 5.92. The number of amides is 1. The molecule has 8 nitrogen and oxygen atoms in total. The second-order valence-electron chi connectivity index (χ2n) is 5.13. The van der Waals surface area contributed by atoms with Gasteiger partial charge in [-0.3, -0.25) is 9.48 Å². The number of carbonyl (C=O) groups excluding carboxylic acids is 1. The fourth-order valence-corrected chi connectivity index (χ4v) is 2.07. The SMILES string of the molecule is Cc1cnn(Cc2cc(C(=O)NCC(O)c3ccco3)no2)c1. The molecule has 0 aliphatic heterocycles. The summed E-state index contributed by atoms with van der Waals surface area (Å²) in [5, 5.41) is 20.3. The van der Waals surface area contributed by atoms with Gasteiger partial charge >= 0.3 is 0 Å². The Morgan fingerprint density at radius 1 is 1.52 bits per heavy atom. The molecular formula is C15H16N4O4. The van der Waals surface area contributed by atoms with E-state index in [1.165, 1.54) is 6.26 Å². The lowest BCUT2D eigenvalue weighted by Crippen LogP contribution is -2.28. The van der Waals surface area contributed by atoms with E-state index >= 15 is 0 Å². The van der Waals surface area contributed by atoms with Gasteiger partial charge in [0.15, 0.2) is 11.5 Å². The summed E-state index contributed by atoms with van der Waals surface area (Å²) >= 11 is 0. The number of aliphatic hydroxyl groups excluding tert-OH is 1. The maximum Gasteiger partial charge on any atom is 0.273 e. The summed E-state index contributed by atoms with van der Waals surface area (Å²) in [6, 6.07) is 4.85. The smallest absolute Gasteiger partial charge is 0.273 e. The highest BCUT2D eigenvalue weighted by Gasteiger charge is 2.16. The molecule has 0 bridgehead atoms. The summed E-state index contributed by atoms with van der Waals surface area (Å²) in [5.41, 5.74) is 1.19. The van der Waals surface area contributed by atoms with Crippen LogP contribution < -0.4 is 5.32 Å². The van der Waals surface area contributed by atoms with Crippen LogP contribution in [0.2, 0.25) is 0 Å². The van der Waals surface area contributed by atoms with Gasteiger partial charge in [-0.1, -0.05) is 5.16 Å². The average Bonchev–Trinajstić information content (AvgIpc) is 3.26. The number of aliphatic hydroxyl groups is 1. The average molecular weight is 316 g/mol. The van der Waals surface area contributed by atoms with Crippen molar-refractivity contribution in [1.29, 1.82) is 0 Å². The maximum atomic E-state index is 12.0. The molecule has 0 saturated carbocycles. The molecule has 3 heterocycles. The van der Waals surface area contributed by atoms with Gasteiger partial charge in [-0.25, -0.2) is 0 Å². The van der Waals surface area contributed by atoms with Crippen LogP contribution in [0.25, 0.3) is 0 Å². The van der Waals surface area contributed by atoms with E-state index in [1.54, 1.807) is 29.1 Å². The Bertz CT molecular complexity index is 775. The molecule has 0 fully saturated rings. The van der Waals surface area contributed by atoms with Crippen molar-refractivity contribution in [3.8, 4) is 0 Å². The molecule has 120 valence electrons. The molecular weight excluding hydrogens is 300 g/mol.